The monoisotopic (exact) mass is 250 g/mol. The highest BCUT2D eigenvalue weighted by Crippen LogP contribution is 2.23. The molecule has 0 unspecified atom stereocenters. The molecule has 1 aliphatic rings. The maximum atomic E-state index is 8.73. The molecule has 0 fully saturated rings. The summed E-state index contributed by atoms with van der Waals surface area (Å²) < 4.78 is 0. The topological polar surface area (TPSA) is 52.8 Å². The summed E-state index contributed by atoms with van der Waals surface area (Å²) in [4.78, 5) is 10.6. The zero-order chi connectivity index (χ0) is 13.2. The third kappa shape index (κ3) is 2.27. The SMILES string of the molecule is Cc1ccc2c(c1)CN(c1cnc(C#N)cn1)CC2. The Morgan fingerprint density at radius 3 is 2.84 bits per heavy atom. The molecule has 0 aliphatic carbocycles. The van der Waals surface area contributed by atoms with Crippen molar-refractivity contribution in [3.8, 4) is 6.07 Å². The molecular weight excluding hydrogens is 236 g/mol. The van der Waals surface area contributed by atoms with Gasteiger partial charge in [-0.3, -0.25) is 0 Å². The summed E-state index contributed by atoms with van der Waals surface area (Å²) in [5, 5.41) is 8.73. The highest BCUT2D eigenvalue weighted by atomic mass is 15.2. The van der Waals surface area contributed by atoms with Gasteiger partial charge in [-0.2, -0.15) is 5.26 Å². The predicted octanol–water partition coefficient (Wildman–Crippen LogP) is 2.22. The van der Waals surface area contributed by atoms with Crippen LogP contribution in [0, 0.1) is 18.3 Å². The van der Waals surface area contributed by atoms with Crippen molar-refractivity contribution in [1.29, 1.82) is 5.26 Å². The normalized spacial score (nSPS) is 13.8. The lowest BCUT2D eigenvalue weighted by Gasteiger charge is -2.29. The minimum atomic E-state index is 0.358. The van der Waals surface area contributed by atoms with Crippen molar-refractivity contribution in [2.75, 3.05) is 11.4 Å². The molecule has 1 aromatic carbocycles. The average Bonchev–Trinajstić information content (AvgIpc) is 2.46. The molecule has 0 bridgehead atoms. The summed E-state index contributed by atoms with van der Waals surface area (Å²) in [6.45, 7) is 3.91. The van der Waals surface area contributed by atoms with Crippen LogP contribution in [0.4, 0.5) is 5.82 Å². The van der Waals surface area contributed by atoms with E-state index in [1.807, 2.05) is 6.07 Å². The van der Waals surface area contributed by atoms with Crippen LogP contribution in [-0.2, 0) is 13.0 Å². The van der Waals surface area contributed by atoms with Gasteiger partial charge in [0.25, 0.3) is 0 Å². The van der Waals surface area contributed by atoms with Crippen LogP contribution in [-0.4, -0.2) is 16.5 Å². The van der Waals surface area contributed by atoms with Gasteiger partial charge in [-0.25, -0.2) is 9.97 Å². The van der Waals surface area contributed by atoms with Gasteiger partial charge in [-0.1, -0.05) is 23.8 Å². The molecule has 4 heteroatoms. The smallest absolute Gasteiger partial charge is 0.158 e. The summed E-state index contributed by atoms with van der Waals surface area (Å²) in [6, 6.07) is 8.60. The van der Waals surface area contributed by atoms with Crippen LogP contribution in [0.15, 0.2) is 30.6 Å². The Morgan fingerprint density at radius 1 is 1.21 bits per heavy atom. The van der Waals surface area contributed by atoms with E-state index in [1.165, 1.54) is 22.9 Å². The molecule has 0 amide bonds. The first-order valence-corrected chi connectivity index (χ1v) is 6.32. The molecule has 1 aliphatic heterocycles. The zero-order valence-electron chi connectivity index (χ0n) is 10.8. The van der Waals surface area contributed by atoms with E-state index in [4.69, 9.17) is 5.26 Å². The molecule has 94 valence electrons. The third-order valence-corrected chi connectivity index (χ3v) is 3.45. The van der Waals surface area contributed by atoms with Crippen LogP contribution in [0.25, 0.3) is 0 Å². The summed E-state index contributed by atoms with van der Waals surface area (Å²) in [5.74, 6) is 0.839. The standard InChI is InChI=1S/C15H14N4/c1-11-2-3-12-4-5-19(10-13(12)6-11)15-9-17-14(7-16)8-18-15/h2-3,6,8-9H,4-5,10H2,1H3. The summed E-state index contributed by atoms with van der Waals surface area (Å²) in [5.41, 5.74) is 4.42. The van der Waals surface area contributed by atoms with Crippen molar-refractivity contribution < 1.29 is 0 Å². The second kappa shape index (κ2) is 4.69. The van der Waals surface area contributed by atoms with E-state index < -0.39 is 0 Å². The van der Waals surface area contributed by atoms with Crippen molar-refractivity contribution in [3.63, 3.8) is 0 Å². The van der Waals surface area contributed by atoms with Crippen molar-refractivity contribution in [2.24, 2.45) is 0 Å². The quantitative estimate of drug-likeness (QED) is 0.778. The fourth-order valence-electron chi connectivity index (χ4n) is 2.42. The van der Waals surface area contributed by atoms with Crippen LogP contribution < -0.4 is 4.90 Å². The number of nitriles is 1. The Morgan fingerprint density at radius 2 is 2.11 bits per heavy atom. The van der Waals surface area contributed by atoms with E-state index in [0.29, 0.717) is 5.69 Å². The first-order chi connectivity index (χ1) is 9.26. The Hall–Kier alpha value is -2.41. The Bertz CT molecular complexity index is 640. The molecular formula is C15H14N4. The lowest BCUT2D eigenvalue weighted by molar-refractivity contribution is 0.717. The number of nitrogens with zero attached hydrogens (tertiary/aromatic N) is 4. The Kier molecular flexibility index (Phi) is 2.88. The number of benzene rings is 1. The van der Waals surface area contributed by atoms with Crippen LogP contribution in [0.3, 0.4) is 0 Å². The second-order valence-electron chi connectivity index (χ2n) is 4.82. The number of fused-ring (bicyclic) bond motifs is 1. The van der Waals surface area contributed by atoms with Gasteiger partial charge in [0, 0.05) is 13.1 Å². The highest BCUT2D eigenvalue weighted by molar-refractivity contribution is 5.44. The number of rotatable bonds is 1. The second-order valence-corrected chi connectivity index (χ2v) is 4.82. The molecule has 4 nitrogen and oxygen atoms in total. The molecule has 0 saturated carbocycles. The van der Waals surface area contributed by atoms with E-state index in [-0.39, 0.29) is 0 Å². The summed E-state index contributed by atoms with van der Waals surface area (Å²) >= 11 is 0. The van der Waals surface area contributed by atoms with Crippen LogP contribution >= 0.6 is 0 Å². The van der Waals surface area contributed by atoms with E-state index in [1.54, 1.807) is 6.20 Å². The van der Waals surface area contributed by atoms with Crippen molar-refractivity contribution in [2.45, 2.75) is 19.9 Å². The van der Waals surface area contributed by atoms with Gasteiger partial charge in [0.1, 0.15) is 11.9 Å². The molecule has 0 radical (unpaired) electrons. The van der Waals surface area contributed by atoms with Gasteiger partial charge in [0.15, 0.2) is 5.69 Å². The summed E-state index contributed by atoms with van der Waals surface area (Å²) in [7, 11) is 0. The predicted molar refractivity (Wildman–Crippen MR) is 72.7 cm³/mol. The lowest BCUT2D eigenvalue weighted by atomic mass is 9.98. The lowest BCUT2D eigenvalue weighted by Crippen LogP contribution is -2.31. The molecule has 0 saturated heterocycles. The van der Waals surface area contributed by atoms with Gasteiger partial charge in [-0.15, -0.1) is 0 Å². The largest absolute Gasteiger partial charge is 0.351 e. The minimum absolute atomic E-state index is 0.358. The fraction of sp³-hybridized carbons (Fsp3) is 0.267. The van der Waals surface area contributed by atoms with Gasteiger partial charge < -0.3 is 4.90 Å². The molecule has 2 heterocycles. The van der Waals surface area contributed by atoms with Gasteiger partial charge >= 0.3 is 0 Å². The van der Waals surface area contributed by atoms with Crippen molar-refractivity contribution >= 4 is 5.82 Å². The van der Waals surface area contributed by atoms with E-state index >= 15 is 0 Å². The third-order valence-electron chi connectivity index (χ3n) is 3.45. The van der Waals surface area contributed by atoms with Gasteiger partial charge in [-0.05, 0) is 24.5 Å². The molecule has 0 atom stereocenters. The maximum absolute atomic E-state index is 8.73. The maximum Gasteiger partial charge on any atom is 0.158 e. The number of aromatic nitrogens is 2. The van der Waals surface area contributed by atoms with Crippen molar-refractivity contribution in [1.82, 2.24) is 9.97 Å². The Labute approximate surface area is 112 Å². The minimum Gasteiger partial charge on any atom is -0.351 e. The average molecular weight is 250 g/mol. The van der Waals surface area contributed by atoms with E-state index in [9.17, 15) is 0 Å². The van der Waals surface area contributed by atoms with E-state index in [2.05, 4.69) is 40.0 Å². The molecule has 3 rings (SSSR count). The first-order valence-electron chi connectivity index (χ1n) is 6.32. The number of hydrogen-bond acceptors (Lipinski definition) is 4. The van der Waals surface area contributed by atoms with Crippen LogP contribution in [0.2, 0.25) is 0 Å². The van der Waals surface area contributed by atoms with Crippen LogP contribution in [0.5, 0.6) is 0 Å². The first kappa shape index (κ1) is 11.7. The number of aryl methyl sites for hydroxylation is 1. The van der Waals surface area contributed by atoms with Gasteiger partial charge in [0.05, 0.1) is 12.4 Å². The highest BCUT2D eigenvalue weighted by Gasteiger charge is 2.17. The van der Waals surface area contributed by atoms with Crippen molar-refractivity contribution in [3.05, 3.63) is 53.0 Å². The number of hydrogen-bond donors (Lipinski definition) is 0. The van der Waals surface area contributed by atoms with E-state index in [0.717, 1.165) is 25.3 Å². The molecule has 0 spiro atoms. The van der Waals surface area contributed by atoms with Gasteiger partial charge in [0.2, 0.25) is 0 Å². The van der Waals surface area contributed by atoms with Crippen LogP contribution in [0.1, 0.15) is 22.4 Å². The molecule has 0 N–H and O–H groups in total. The summed E-state index contributed by atoms with van der Waals surface area (Å²) in [6.07, 6.45) is 4.23. The molecule has 19 heavy (non-hydrogen) atoms. The molecule has 2 aromatic rings. The zero-order valence-corrected chi connectivity index (χ0v) is 10.8. The number of anilines is 1. The Balaban J connectivity index is 1.86. The molecule has 1 aromatic heterocycles. The fourth-order valence-corrected chi connectivity index (χ4v) is 2.42.